The Kier molecular flexibility index (Phi) is 9.37. The van der Waals surface area contributed by atoms with E-state index in [4.69, 9.17) is 4.74 Å². The molecule has 0 radical (unpaired) electrons. The smallest absolute Gasteiger partial charge is 0.245 e. The van der Waals surface area contributed by atoms with Crippen LogP contribution in [0.15, 0.2) is 18.2 Å². The van der Waals surface area contributed by atoms with Crippen molar-refractivity contribution in [1.29, 1.82) is 0 Å². The lowest BCUT2D eigenvalue weighted by atomic mass is 9.85. The molecule has 1 aromatic carbocycles. The van der Waals surface area contributed by atoms with E-state index < -0.39 is 29.1 Å². The van der Waals surface area contributed by atoms with Crippen molar-refractivity contribution in [2.45, 2.75) is 59.2 Å². The van der Waals surface area contributed by atoms with Crippen LogP contribution in [0.2, 0.25) is 0 Å². The van der Waals surface area contributed by atoms with Gasteiger partial charge in [0.2, 0.25) is 17.7 Å². The predicted octanol–water partition coefficient (Wildman–Crippen LogP) is 1.93. The molecule has 34 heavy (non-hydrogen) atoms. The molecule has 1 aliphatic rings. The Morgan fingerprint density at radius 1 is 1.24 bits per heavy atom. The summed E-state index contributed by atoms with van der Waals surface area (Å²) in [6.07, 6.45) is 0.591. The van der Waals surface area contributed by atoms with Crippen LogP contribution in [0.3, 0.4) is 0 Å². The highest BCUT2D eigenvalue weighted by Crippen LogP contribution is 2.25. The third kappa shape index (κ3) is 7.12. The number of likely N-dealkylation sites (N-methyl/N-ethyl adjacent to an activating group) is 1. The summed E-state index contributed by atoms with van der Waals surface area (Å²) in [6, 6.07) is 1.91. The van der Waals surface area contributed by atoms with Gasteiger partial charge in [0.25, 0.3) is 0 Å². The first-order valence-electron chi connectivity index (χ1n) is 11.5. The summed E-state index contributed by atoms with van der Waals surface area (Å²) in [5.41, 5.74) is -0.503. The van der Waals surface area contributed by atoms with Gasteiger partial charge in [-0.15, -0.1) is 0 Å². The van der Waals surface area contributed by atoms with Gasteiger partial charge in [0, 0.05) is 26.1 Å². The average molecular weight is 483 g/mol. The number of carbonyl (C=O) groups excluding carboxylic acids is 3. The van der Waals surface area contributed by atoms with Gasteiger partial charge in [-0.2, -0.15) is 0 Å². The van der Waals surface area contributed by atoms with E-state index in [2.05, 4.69) is 10.6 Å². The van der Waals surface area contributed by atoms with E-state index in [1.807, 2.05) is 20.8 Å². The standard InChI is InChI=1S/C24H36F2N4O4/c1-15(27-6)22(32)28-21(24(3,4)5)23(33)29-10-9-17(14-29)30(16(2)31)11-12-34-18-7-8-19(25)20(26)13-18/h7-8,13,15,17,21,27H,9-12,14H2,1-6H3,(H,28,32). The Morgan fingerprint density at radius 2 is 1.91 bits per heavy atom. The molecule has 3 amide bonds. The molecule has 2 N–H and O–H groups in total. The minimum Gasteiger partial charge on any atom is -0.492 e. The van der Waals surface area contributed by atoms with Crippen molar-refractivity contribution in [1.82, 2.24) is 20.4 Å². The molecule has 0 aromatic heterocycles. The first-order chi connectivity index (χ1) is 15.8. The van der Waals surface area contributed by atoms with Crippen molar-refractivity contribution in [2.24, 2.45) is 5.41 Å². The second kappa shape index (κ2) is 11.6. The molecule has 8 nitrogen and oxygen atoms in total. The van der Waals surface area contributed by atoms with E-state index in [0.717, 1.165) is 12.1 Å². The van der Waals surface area contributed by atoms with Gasteiger partial charge < -0.3 is 25.2 Å². The molecule has 3 atom stereocenters. The largest absolute Gasteiger partial charge is 0.492 e. The van der Waals surface area contributed by atoms with E-state index in [1.165, 1.54) is 13.0 Å². The SMILES string of the molecule is CNC(C)C(=O)NC(C(=O)N1CCC(N(CCOc2ccc(F)c(F)c2)C(C)=O)C1)C(C)(C)C. The lowest BCUT2D eigenvalue weighted by Gasteiger charge is -2.34. The lowest BCUT2D eigenvalue weighted by molar-refractivity contribution is -0.139. The van der Waals surface area contributed by atoms with E-state index in [9.17, 15) is 23.2 Å². The molecule has 0 spiro atoms. The van der Waals surface area contributed by atoms with E-state index >= 15 is 0 Å². The Morgan fingerprint density at radius 3 is 2.47 bits per heavy atom. The lowest BCUT2D eigenvalue weighted by Crippen LogP contribution is -2.57. The number of hydrogen-bond donors (Lipinski definition) is 2. The third-order valence-corrected chi connectivity index (χ3v) is 6.04. The molecule has 0 bridgehead atoms. The number of hydrogen-bond acceptors (Lipinski definition) is 5. The number of nitrogens with one attached hydrogen (secondary N) is 2. The van der Waals surface area contributed by atoms with Crippen molar-refractivity contribution in [3.8, 4) is 5.75 Å². The first kappa shape index (κ1) is 27.5. The van der Waals surface area contributed by atoms with Crippen LogP contribution in [0.5, 0.6) is 5.75 Å². The molecule has 1 aliphatic heterocycles. The maximum absolute atomic E-state index is 13.4. The summed E-state index contributed by atoms with van der Waals surface area (Å²) in [5, 5.41) is 5.73. The average Bonchev–Trinajstić information content (AvgIpc) is 3.24. The number of rotatable bonds is 9. The quantitative estimate of drug-likeness (QED) is 0.561. The van der Waals surface area contributed by atoms with Gasteiger partial charge in [-0.3, -0.25) is 14.4 Å². The molecule has 0 saturated carbocycles. The van der Waals surface area contributed by atoms with Gasteiger partial charge >= 0.3 is 0 Å². The summed E-state index contributed by atoms with van der Waals surface area (Å²) in [7, 11) is 1.68. The number of amides is 3. The summed E-state index contributed by atoms with van der Waals surface area (Å²) >= 11 is 0. The van der Waals surface area contributed by atoms with Gasteiger partial charge in [0.15, 0.2) is 11.6 Å². The number of likely N-dealkylation sites (tertiary alicyclic amines) is 1. The van der Waals surface area contributed by atoms with Crippen molar-refractivity contribution >= 4 is 17.7 Å². The summed E-state index contributed by atoms with van der Waals surface area (Å²) in [4.78, 5) is 41.4. The number of nitrogens with zero attached hydrogens (tertiary/aromatic N) is 2. The van der Waals surface area contributed by atoms with Crippen molar-refractivity contribution < 1.29 is 27.9 Å². The van der Waals surface area contributed by atoms with Crippen molar-refractivity contribution in [2.75, 3.05) is 33.3 Å². The van der Waals surface area contributed by atoms with Crippen LogP contribution < -0.4 is 15.4 Å². The van der Waals surface area contributed by atoms with Gasteiger partial charge in [0.05, 0.1) is 18.6 Å². The molecule has 1 fully saturated rings. The summed E-state index contributed by atoms with van der Waals surface area (Å²) in [5.74, 6) is -2.41. The Hall–Kier alpha value is -2.75. The van der Waals surface area contributed by atoms with E-state index in [0.29, 0.717) is 19.5 Å². The van der Waals surface area contributed by atoms with E-state index in [1.54, 1.807) is 23.8 Å². The topological polar surface area (TPSA) is 91.0 Å². The minimum absolute atomic E-state index is 0.0949. The fourth-order valence-electron chi connectivity index (χ4n) is 3.85. The first-order valence-corrected chi connectivity index (χ1v) is 11.5. The van der Waals surface area contributed by atoms with Crippen LogP contribution in [0.4, 0.5) is 8.78 Å². The number of ether oxygens (including phenoxy) is 1. The van der Waals surface area contributed by atoms with Crippen molar-refractivity contribution in [3.63, 3.8) is 0 Å². The molecule has 1 saturated heterocycles. The molecular weight excluding hydrogens is 446 g/mol. The van der Waals surface area contributed by atoms with E-state index in [-0.39, 0.29) is 42.7 Å². The highest BCUT2D eigenvalue weighted by atomic mass is 19.2. The van der Waals surface area contributed by atoms with Crippen LogP contribution in [0.1, 0.15) is 41.0 Å². The second-order valence-corrected chi connectivity index (χ2v) is 9.68. The molecule has 2 rings (SSSR count). The van der Waals surface area contributed by atoms with Crippen LogP contribution >= 0.6 is 0 Å². The number of carbonyl (C=O) groups is 3. The molecule has 3 unspecified atom stereocenters. The van der Waals surface area contributed by atoms with Crippen LogP contribution in [0, 0.1) is 17.0 Å². The molecule has 1 heterocycles. The zero-order chi connectivity index (χ0) is 25.6. The fourth-order valence-corrected chi connectivity index (χ4v) is 3.85. The minimum atomic E-state index is -1.00. The molecule has 0 aliphatic carbocycles. The molecule has 10 heteroatoms. The molecular formula is C24H36F2N4O4. The maximum Gasteiger partial charge on any atom is 0.245 e. The zero-order valence-electron chi connectivity index (χ0n) is 20.8. The fraction of sp³-hybridized carbons (Fsp3) is 0.625. The summed E-state index contributed by atoms with van der Waals surface area (Å²) < 4.78 is 31.9. The maximum atomic E-state index is 13.4. The van der Waals surface area contributed by atoms with Crippen LogP contribution in [0.25, 0.3) is 0 Å². The Bertz CT molecular complexity index is 890. The monoisotopic (exact) mass is 482 g/mol. The zero-order valence-corrected chi connectivity index (χ0v) is 20.8. The Balaban J connectivity index is 2.01. The van der Waals surface area contributed by atoms with Gasteiger partial charge in [0.1, 0.15) is 18.4 Å². The van der Waals surface area contributed by atoms with Gasteiger partial charge in [-0.05, 0) is 37.9 Å². The van der Waals surface area contributed by atoms with Gasteiger partial charge in [-0.25, -0.2) is 8.78 Å². The highest BCUT2D eigenvalue weighted by molar-refractivity contribution is 5.90. The number of benzene rings is 1. The van der Waals surface area contributed by atoms with Crippen LogP contribution in [-0.2, 0) is 14.4 Å². The predicted molar refractivity (Wildman–Crippen MR) is 124 cm³/mol. The molecule has 190 valence electrons. The molecule has 1 aromatic rings. The van der Waals surface area contributed by atoms with Crippen molar-refractivity contribution in [3.05, 3.63) is 29.8 Å². The highest BCUT2D eigenvalue weighted by Gasteiger charge is 2.40. The third-order valence-electron chi connectivity index (χ3n) is 6.04. The van der Waals surface area contributed by atoms with Crippen LogP contribution in [-0.4, -0.2) is 78.9 Å². The van der Waals surface area contributed by atoms with Gasteiger partial charge in [-0.1, -0.05) is 20.8 Å². The Labute approximate surface area is 200 Å². The number of halogens is 2. The second-order valence-electron chi connectivity index (χ2n) is 9.68. The normalized spacial score (nSPS) is 17.8. The summed E-state index contributed by atoms with van der Waals surface area (Å²) in [6.45, 7) is 9.98.